The van der Waals surface area contributed by atoms with Crippen LogP contribution in [0.3, 0.4) is 0 Å². The van der Waals surface area contributed by atoms with Gasteiger partial charge in [-0.05, 0) is 49.1 Å². The maximum Gasteiger partial charge on any atom is 0.308 e. The van der Waals surface area contributed by atoms with E-state index < -0.39 is 6.04 Å². The predicted octanol–water partition coefficient (Wildman–Crippen LogP) is 5.52. The molecule has 0 bridgehead atoms. The summed E-state index contributed by atoms with van der Waals surface area (Å²) in [6.07, 6.45) is 0.0927. The number of fused-ring (bicyclic) bond motifs is 3. The van der Waals surface area contributed by atoms with Gasteiger partial charge in [-0.3, -0.25) is 14.4 Å². The summed E-state index contributed by atoms with van der Waals surface area (Å²) in [5, 5.41) is 9.77. The summed E-state index contributed by atoms with van der Waals surface area (Å²) in [4.78, 5) is 18.6. The number of ether oxygens (including phenoxy) is 2. The van der Waals surface area contributed by atoms with E-state index in [1.165, 1.54) is 17.6 Å². The van der Waals surface area contributed by atoms with Crippen molar-refractivity contribution in [3.63, 3.8) is 0 Å². The molecule has 0 spiro atoms. The lowest BCUT2D eigenvalue weighted by Gasteiger charge is -2.12. The number of hydrogen-bond donors (Lipinski definition) is 0. The van der Waals surface area contributed by atoms with Gasteiger partial charge in [0.1, 0.15) is 16.9 Å². The maximum absolute atomic E-state index is 12.3. The number of benzene rings is 2. The molecule has 0 amide bonds. The molecule has 0 unspecified atom stereocenters. The summed E-state index contributed by atoms with van der Waals surface area (Å²) >= 11 is 1.70. The van der Waals surface area contributed by atoms with Gasteiger partial charge < -0.3 is 9.47 Å². The Morgan fingerprint density at radius 1 is 1.00 bits per heavy atom. The van der Waals surface area contributed by atoms with Crippen LogP contribution in [0.4, 0.5) is 0 Å². The average molecular weight is 501 g/mol. The Morgan fingerprint density at radius 3 is 2.47 bits per heavy atom. The molecule has 8 heteroatoms. The summed E-state index contributed by atoms with van der Waals surface area (Å²) in [5.74, 6) is 1.09. The van der Waals surface area contributed by atoms with E-state index in [0.717, 1.165) is 44.4 Å². The minimum atomic E-state index is -0.502. The normalized spacial score (nSPS) is 14.6. The van der Waals surface area contributed by atoms with Crippen LogP contribution < -0.4 is 0 Å². The van der Waals surface area contributed by atoms with Crippen LogP contribution >= 0.6 is 11.3 Å². The van der Waals surface area contributed by atoms with Gasteiger partial charge in [0.2, 0.25) is 0 Å². The molecular formula is C28H28N4O3S. The van der Waals surface area contributed by atoms with Crippen molar-refractivity contribution in [3.8, 4) is 16.1 Å². The number of aliphatic imine (C=N–C) groups is 1. The van der Waals surface area contributed by atoms with E-state index in [9.17, 15) is 4.79 Å². The number of aromatic nitrogens is 3. The van der Waals surface area contributed by atoms with Crippen LogP contribution in [0.2, 0.25) is 0 Å². The van der Waals surface area contributed by atoms with Crippen molar-refractivity contribution >= 4 is 23.0 Å². The molecule has 1 atom stereocenters. The first kappa shape index (κ1) is 24.1. The van der Waals surface area contributed by atoms with E-state index in [2.05, 4.69) is 66.5 Å². The van der Waals surface area contributed by atoms with Crippen molar-refractivity contribution in [2.45, 2.75) is 39.8 Å². The molecule has 2 aromatic carbocycles. The van der Waals surface area contributed by atoms with E-state index in [4.69, 9.17) is 14.5 Å². The van der Waals surface area contributed by atoms with Crippen LogP contribution in [0.15, 0.2) is 53.5 Å². The van der Waals surface area contributed by atoms with Crippen LogP contribution in [0, 0.1) is 20.8 Å². The van der Waals surface area contributed by atoms with Gasteiger partial charge in [0.15, 0.2) is 5.82 Å². The Morgan fingerprint density at radius 2 is 1.75 bits per heavy atom. The third-order valence-electron chi connectivity index (χ3n) is 6.56. The second-order valence-corrected chi connectivity index (χ2v) is 10.1. The number of rotatable bonds is 6. The van der Waals surface area contributed by atoms with Gasteiger partial charge in [-0.15, -0.1) is 21.5 Å². The smallest absolute Gasteiger partial charge is 0.308 e. The van der Waals surface area contributed by atoms with Crippen LogP contribution in [0.25, 0.3) is 16.1 Å². The summed E-state index contributed by atoms with van der Waals surface area (Å²) in [6, 6.07) is 16.3. The molecule has 0 fully saturated rings. The van der Waals surface area contributed by atoms with Crippen molar-refractivity contribution in [3.05, 3.63) is 87.3 Å². The monoisotopic (exact) mass is 500 g/mol. The number of carbonyl (C=O) groups excluding carboxylic acids is 1. The second-order valence-electron chi connectivity index (χ2n) is 8.89. The highest BCUT2D eigenvalue weighted by atomic mass is 32.1. The summed E-state index contributed by atoms with van der Waals surface area (Å²) in [5.41, 5.74) is 7.44. The Labute approximate surface area is 214 Å². The maximum atomic E-state index is 12.3. The Balaban J connectivity index is 1.63. The minimum Gasteiger partial charge on any atom is -0.469 e. The predicted molar refractivity (Wildman–Crippen MR) is 141 cm³/mol. The average Bonchev–Trinajstić information content (AvgIpc) is 3.36. The molecule has 7 nitrogen and oxygen atoms in total. The summed E-state index contributed by atoms with van der Waals surface area (Å²) < 4.78 is 12.3. The lowest BCUT2D eigenvalue weighted by Crippen LogP contribution is -2.12. The quantitative estimate of drug-likeness (QED) is 0.326. The Kier molecular flexibility index (Phi) is 6.55. The molecule has 3 heterocycles. The topological polar surface area (TPSA) is 78.6 Å². The highest BCUT2D eigenvalue weighted by Gasteiger charge is 2.32. The molecular weight excluding hydrogens is 472 g/mol. The minimum absolute atomic E-state index is 0.0927. The molecule has 0 saturated carbocycles. The van der Waals surface area contributed by atoms with Gasteiger partial charge in [-0.1, -0.05) is 42.5 Å². The van der Waals surface area contributed by atoms with Crippen LogP contribution in [0.1, 0.15) is 51.2 Å². The van der Waals surface area contributed by atoms with E-state index >= 15 is 0 Å². The zero-order valence-corrected chi connectivity index (χ0v) is 21.8. The second kappa shape index (κ2) is 9.79. The van der Waals surface area contributed by atoms with Crippen molar-refractivity contribution in [2.75, 3.05) is 14.2 Å². The number of aryl methyl sites for hydroxylation is 2. The van der Waals surface area contributed by atoms with Crippen LogP contribution in [-0.2, 0) is 20.9 Å². The third-order valence-corrected chi connectivity index (χ3v) is 7.75. The molecule has 0 radical (unpaired) electrons. The number of thiophene rings is 1. The van der Waals surface area contributed by atoms with Gasteiger partial charge in [-0.2, -0.15) is 0 Å². The first-order valence-electron chi connectivity index (χ1n) is 11.8. The van der Waals surface area contributed by atoms with Crippen LogP contribution in [-0.4, -0.2) is 40.7 Å². The third kappa shape index (κ3) is 4.27. The largest absolute Gasteiger partial charge is 0.469 e. The summed E-state index contributed by atoms with van der Waals surface area (Å²) in [6.45, 7) is 6.74. The highest BCUT2D eigenvalue weighted by Crippen LogP contribution is 2.39. The molecule has 0 aliphatic carbocycles. The molecule has 0 saturated heterocycles. The standard InChI is InChI=1S/C28H28N4O3S/c1-16-17(2)36-28-25(16)26(29-23(14-24(33)35-5)27-31-30-18(3)32(27)28)21-11-9-20(10-12-21)22-8-6-7-19(13-22)15-34-4/h6-13,23H,14-15H2,1-5H3/t23-/m0/s1. The molecule has 2 aromatic heterocycles. The van der Waals surface area contributed by atoms with Crippen molar-refractivity contribution in [2.24, 2.45) is 4.99 Å². The summed E-state index contributed by atoms with van der Waals surface area (Å²) in [7, 11) is 3.10. The lowest BCUT2D eigenvalue weighted by atomic mass is 9.96. The zero-order chi connectivity index (χ0) is 25.4. The van der Waals surface area contributed by atoms with Gasteiger partial charge in [0, 0.05) is 23.1 Å². The highest BCUT2D eigenvalue weighted by molar-refractivity contribution is 7.15. The fraction of sp³-hybridized carbons (Fsp3) is 0.286. The lowest BCUT2D eigenvalue weighted by molar-refractivity contribution is -0.141. The zero-order valence-electron chi connectivity index (χ0n) is 21.0. The van der Waals surface area contributed by atoms with Gasteiger partial charge in [0.05, 0.1) is 25.8 Å². The molecule has 1 aliphatic rings. The SMILES string of the molecule is COCc1cccc(-c2ccc(C3=N[C@@H](CC(=O)OC)c4nnc(C)n4-c4sc(C)c(C)c43)cc2)c1. The number of carbonyl (C=O) groups is 1. The van der Waals surface area contributed by atoms with Gasteiger partial charge in [-0.25, -0.2) is 0 Å². The molecule has 36 heavy (non-hydrogen) atoms. The van der Waals surface area contributed by atoms with E-state index in [1.54, 1.807) is 18.4 Å². The Hall–Kier alpha value is -3.62. The van der Waals surface area contributed by atoms with E-state index in [-0.39, 0.29) is 12.4 Å². The van der Waals surface area contributed by atoms with Crippen molar-refractivity contribution in [1.29, 1.82) is 0 Å². The van der Waals surface area contributed by atoms with Crippen molar-refractivity contribution < 1.29 is 14.3 Å². The van der Waals surface area contributed by atoms with Gasteiger partial charge in [0.25, 0.3) is 0 Å². The van der Waals surface area contributed by atoms with E-state index in [0.29, 0.717) is 12.4 Å². The number of esters is 1. The Bertz CT molecular complexity index is 1470. The molecule has 4 aromatic rings. The van der Waals surface area contributed by atoms with Gasteiger partial charge >= 0.3 is 5.97 Å². The number of methoxy groups -OCH3 is 2. The van der Waals surface area contributed by atoms with Crippen LogP contribution in [0.5, 0.6) is 0 Å². The van der Waals surface area contributed by atoms with E-state index in [1.807, 2.05) is 17.6 Å². The molecule has 5 rings (SSSR count). The number of hydrogen-bond acceptors (Lipinski definition) is 7. The first-order chi connectivity index (χ1) is 17.4. The molecule has 184 valence electrons. The fourth-order valence-electron chi connectivity index (χ4n) is 4.59. The fourth-order valence-corrected chi connectivity index (χ4v) is 5.81. The molecule has 1 aliphatic heterocycles. The van der Waals surface area contributed by atoms with Crippen molar-refractivity contribution in [1.82, 2.24) is 14.8 Å². The molecule has 0 N–H and O–H groups in total. The first-order valence-corrected chi connectivity index (χ1v) is 12.6. The number of nitrogens with zero attached hydrogens (tertiary/aromatic N) is 4.